The number of anilines is 1. The number of thioether (sulfide) groups is 1. The summed E-state index contributed by atoms with van der Waals surface area (Å²) in [7, 11) is 0. The molecule has 0 radical (unpaired) electrons. The molecule has 0 bridgehead atoms. The van der Waals surface area contributed by atoms with E-state index in [-0.39, 0.29) is 11.6 Å². The summed E-state index contributed by atoms with van der Waals surface area (Å²) in [6, 6.07) is 0.123. The Kier molecular flexibility index (Phi) is 3.80. The summed E-state index contributed by atoms with van der Waals surface area (Å²) in [6.07, 6.45) is 4.04. The van der Waals surface area contributed by atoms with Gasteiger partial charge in [0.2, 0.25) is 0 Å². The van der Waals surface area contributed by atoms with Gasteiger partial charge >= 0.3 is 5.97 Å². The molecule has 7 heteroatoms. The fraction of sp³-hybridized carbons (Fsp3) is 0.500. The van der Waals surface area contributed by atoms with Gasteiger partial charge in [0.05, 0.1) is 12.6 Å². The van der Waals surface area contributed by atoms with Crippen LogP contribution < -0.4 is 5.32 Å². The molecule has 1 aliphatic rings. The van der Waals surface area contributed by atoms with Gasteiger partial charge < -0.3 is 15.2 Å². The summed E-state index contributed by atoms with van der Waals surface area (Å²) in [5.41, 5.74) is 0.0923. The van der Waals surface area contributed by atoms with Gasteiger partial charge in [-0.05, 0) is 12.7 Å². The van der Waals surface area contributed by atoms with Crippen LogP contribution in [0.25, 0.3) is 0 Å². The zero-order valence-electron chi connectivity index (χ0n) is 9.34. The fourth-order valence-corrected chi connectivity index (χ4v) is 1.91. The molecule has 0 spiro atoms. The Morgan fingerprint density at radius 3 is 3.12 bits per heavy atom. The number of ether oxygens (including phenoxy) is 1. The van der Waals surface area contributed by atoms with E-state index in [1.54, 1.807) is 0 Å². The van der Waals surface area contributed by atoms with Crippen LogP contribution in [0.15, 0.2) is 11.4 Å². The van der Waals surface area contributed by atoms with Crippen LogP contribution in [0.3, 0.4) is 0 Å². The Bertz CT molecular complexity index is 421. The van der Waals surface area contributed by atoms with Crippen LogP contribution in [0, 0.1) is 0 Å². The lowest BCUT2D eigenvalue weighted by Gasteiger charge is -2.13. The molecule has 0 amide bonds. The molecule has 1 fully saturated rings. The molecule has 1 saturated heterocycles. The minimum atomic E-state index is -1.03. The second kappa shape index (κ2) is 5.33. The normalized spacial score (nSPS) is 19.2. The van der Waals surface area contributed by atoms with Crippen molar-refractivity contribution in [3.8, 4) is 0 Å². The Morgan fingerprint density at radius 2 is 2.53 bits per heavy atom. The van der Waals surface area contributed by atoms with Crippen molar-refractivity contribution in [2.75, 3.05) is 24.8 Å². The first-order valence-electron chi connectivity index (χ1n) is 5.19. The van der Waals surface area contributed by atoms with Crippen molar-refractivity contribution in [2.24, 2.45) is 0 Å². The van der Waals surface area contributed by atoms with E-state index in [9.17, 15) is 4.79 Å². The number of aromatic carboxylic acids is 1. The monoisotopic (exact) mass is 255 g/mol. The predicted octanol–water partition coefficient (Wildman–Crippen LogP) is 1.10. The van der Waals surface area contributed by atoms with Gasteiger partial charge in [-0.25, -0.2) is 14.8 Å². The number of nitrogens with zero attached hydrogens (tertiary/aromatic N) is 2. The van der Waals surface area contributed by atoms with Crippen molar-refractivity contribution < 1.29 is 14.6 Å². The molecule has 92 valence electrons. The molecule has 1 atom stereocenters. The first-order chi connectivity index (χ1) is 8.20. The smallest absolute Gasteiger partial charge is 0.341 e. The molecule has 0 unspecified atom stereocenters. The van der Waals surface area contributed by atoms with Crippen LogP contribution in [-0.2, 0) is 4.74 Å². The molecule has 17 heavy (non-hydrogen) atoms. The molecule has 0 aromatic carbocycles. The van der Waals surface area contributed by atoms with Gasteiger partial charge in [0.1, 0.15) is 11.4 Å². The van der Waals surface area contributed by atoms with E-state index < -0.39 is 5.97 Å². The number of carboxylic acid groups (broad SMARTS) is 1. The van der Waals surface area contributed by atoms with Crippen LogP contribution in [0.5, 0.6) is 0 Å². The van der Waals surface area contributed by atoms with Crippen molar-refractivity contribution in [3.63, 3.8) is 0 Å². The average molecular weight is 255 g/mol. The van der Waals surface area contributed by atoms with Gasteiger partial charge in [-0.2, -0.15) is 0 Å². The van der Waals surface area contributed by atoms with Crippen LogP contribution in [0.1, 0.15) is 16.8 Å². The summed E-state index contributed by atoms with van der Waals surface area (Å²) in [5, 5.41) is 12.7. The van der Waals surface area contributed by atoms with Crippen LogP contribution in [0.4, 0.5) is 5.82 Å². The van der Waals surface area contributed by atoms with Gasteiger partial charge in [0.15, 0.2) is 5.16 Å². The number of hydrogen-bond donors (Lipinski definition) is 2. The zero-order valence-corrected chi connectivity index (χ0v) is 10.2. The van der Waals surface area contributed by atoms with E-state index in [2.05, 4.69) is 15.3 Å². The molecule has 1 aromatic rings. The molecule has 0 aliphatic carbocycles. The lowest BCUT2D eigenvalue weighted by Crippen LogP contribution is -2.22. The van der Waals surface area contributed by atoms with Crippen molar-refractivity contribution in [3.05, 3.63) is 11.8 Å². The van der Waals surface area contributed by atoms with Crippen LogP contribution in [-0.4, -0.2) is 46.6 Å². The maximum absolute atomic E-state index is 11.0. The lowest BCUT2D eigenvalue weighted by molar-refractivity contribution is 0.0697. The van der Waals surface area contributed by atoms with Gasteiger partial charge in [-0.3, -0.25) is 0 Å². The molecular formula is C10H13N3O3S. The summed E-state index contributed by atoms with van der Waals surface area (Å²) in [6.45, 7) is 1.28. The third kappa shape index (κ3) is 2.86. The van der Waals surface area contributed by atoms with E-state index in [0.29, 0.717) is 24.2 Å². The molecule has 2 heterocycles. The molecule has 2 N–H and O–H groups in total. The Labute approximate surface area is 103 Å². The van der Waals surface area contributed by atoms with Crippen molar-refractivity contribution in [2.45, 2.75) is 17.6 Å². The number of aromatic nitrogens is 2. The highest BCUT2D eigenvalue weighted by Gasteiger charge is 2.20. The summed E-state index contributed by atoms with van der Waals surface area (Å²) in [4.78, 5) is 19.2. The summed E-state index contributed by atoms with van der Waals surface area (Å²) < 4.78 is 5.23. The van der Waals surface area contributed by atoms with Crippen LogP contribution >= 0.6 is 11.8 Å². The highest BCUT2D eigenvalue weighted by Crippen LogP contribution is 2.19. The highest BCUT2D eigenvalue weighted by molar-refractivity contribution is 7.98. The number of nitrogens with one attached hydrogen (secondary N) is 1. The number of carboxylic acids is 1. The Hall–Kier alpha value is -1.34. The second-order valence-corrected chi connectivity index (χ2v) is 4.40. The van der Waals surface area contributed by atoms with Crippen molar-refractivity contribution >= 4 is 23.5 Å². The van der Waals surface area contributed by atoms with E-state index in [4.69, 9.17) is 9.84 Å². The largest absolute Gasteiger partial charge is 0.477 e. The van der Waals surface area contributed by atoms with Crippen molar-refractivity contribution in [1.82, 2.24) is 9.97 Å². The number of carbonyl (C=O) groups is 1. The topological polar surface area (TPSA) is 84.3 Å². The third-order valence-electron chi connectivity index (χ3n) is 2.45. The van der Waals surface area contributed by atoms with Gasteiger partial charge in [0, 0.05) is 12.8 Å². The van der Waals surface area contributed by atoms with Gasteiger partial charge in [-0.1, -0.05) is 11.8 Å². The van der Waals surface area contributed by atoms with E-state index in [1.165, 1.54) is 18.0 Å². The molecule has 2 rings (SSSR count). The van der Waals surface area contributed by atoms with E-state index >= 15 is 0 Å². The lowest BCUT2D eigenvalue weighted by atomic mass is 10.2. The van der Waals surface area contributed by atoms with E-state index in [1.807, 2.05) is 6.26 Å². The van der Waals surface area contributed by atoms with Gasteiger partial charge in [0.25, 0.3) is 0 Å². The Balaban J connectivity index is 2.24. The van der Waals surface area contributed by atoms with Crippen LogP contribution in [0.2, 0.25) is 0 Å². The summed E-state index contributed by atoms with van der Waals surface area (Å²) in [5.74, 6) is -0.661. The first-order valence-corrected chi connectivity index (χ1v) is 6.42. The quantitative estimate of drug-likeness (QED) is 0.615. The fourth-order valence-electron chi connectivity index (χ4n) is 1.57. The molecule has 6 nitrogen and oxygen atoms in total. The standard InChI is InChI=1S/C10H13N3O3S/c1-17-10-11-4-7(9(14)15)8(13-10)12-6-2-3-16-5-6/h4,6H,2-3,5H2,1H3,(H,14,15)(H,11,12,13)/t6-/m1/s1. The summed E-state index contributed by atoms with van der Waals surface area (Å²) >= 11 is 1.37. The number of rotatable bonds is 4. The van der Waals surface area contributed by atoms with Gasteiger partial charge in [-0.15, -0.1) is 0 Å². The maximum Gasteiger partial charge on any atom is 0.341 e. The minimum absolute atomic E-state index is 0.0923. The van der Waals surface area contributed by atoms with Crippen molar-refractivity contribution in [1.29, 1.82) is 0 Å². The Morgan fingerprint density at radius 1 is 1.71 bits per heavy atom. The molecule has 1 aliphatic heterocycles. The maximum atomic E-state index is 11.0. The molecule has 0 saturated carbocycles. The minimum Gasteiger partial charge on any atom is -0.477 e. The molecular weight excluding hydrogens is 242 g/mol. The SMILES string of the molecule is CSc1ncc(C(=O)O)c(N[C@@H]2CCOC2)n1. The second-order valence-electron chi connectivity index (χ2n) is 3.63. The zero-order chi connectivity index (χ0) is 12.3. The molecule has 1 aromatic heterocycles. The number of hydrogen-bond acceptors (Lipinski definition) is 6. The highest BCUT2D eigenvalue weighted by atomic mass is 32.2. The first kappa shape index (κ1) is 12.1. The average Bonchev–Trinajstić information content (AvgIpc) is 2.81. The predicted molar refractivity (Wildman–Crippen MR) is 63.6 cm³/mol. The van der Waals surface area contributed by atoms with E-state index in [0.717, 1.165) is 6.42 Å². The third-order valence-corrected chi connectivity index (χ3v) is 3.01.